The van der Waals surface area contributed by atoms with Gasteiger partial charge in [-0.25, -0.2) is 9.79 Å². The van der Waals surface area contributed by atoms with Crippen molar-refractivity contribution in [2.24, 2.45) is 4.99 Å². The molecule has 0 amide bonds. The fourth-order valence-corrected chi connectivity index (χ4v) is 3.26. The molecule has 1 atom stereocenters. The molecule has 1 heterocycles. The molecule has 0 aromatic rings. The van der Waals surface area contributed by atoms with Gasteiger partial charge in [0, 0.05) is 0 Å². The molecule has 50 valence electrons. The summed E-state index contributed by atoms with van der Waals surface area (Å²) < 4.78 is 0. The molecule has 3 heteroatoms. The van der Waals surface area contributed by atoms with Gasteiger partial charge >= 0.3 is 0 Å². The van der Waals surface area contributed by atoms with Crippen molar-refractivity contribution in [2.45, 2.75) is 31.2 Å². The van der Waals surface area contributed by atoms with E-state index < -0.39 is 8.07 Å². The van der Waals surface area contributed by atoms with Crippen LogP contribution in [0.1, 0.15) is 6.42 Å². The smallest absolute Gasteiger partial charge is 0.211 e. The van der Waals surface area contributed by atoms with Crippen LogP contribution in [0.3, 0.4) is 0 Å². The monoisotopic (exact) mass is 141 g/mol. The Morgan fingerprint density at radius 2 is 2.33 bits per heavy atom. The third-order valence-corrected chi connectivity index (χ3v) is 5.97. The van der Waals surface area contributed by atoms with E-state index in [4.69, 9.17) is 0 Å². The summed E-state index contributed by atoms with van der Waals surface area (Å²) in [5.41, 5.74) is 0.384. The van der Waals surface area contributed by atoms with Crippen molar-refractivity contribution >= 4 is 14.2 Å². The van der Waals surface area contributed by atoms with Crippen LogP contribution >= 0.6 is 0 Å². The lowest BCUT2D eigenvalue weighted by Gasteiger charge is -2.38. The normalized spacial score (nSPS) is 30.2. The summed E-state index contributed by atoms with van der Waals surface area (Å²) in [7, 11) is -1.03. The van der Waals surface area contributed by atoms with Crippen LogP contribution in [0.25, 0.3) is 0 Å². The molecule has 2 nitrogen and oxygen atoms in total. The van der Waals surface area contributed by atoms with E-state index in [0.717, 1.165) is 6.42 Å². The van der Waals surface area contributed by atoms with Gasteiger partial charge in [-0.15, -0.1) is 0 Å². The van der Waals surface area contributed by atoms with Crippen molar-refractivity contribution in [2.75, 3.05) is 0 Å². The highest BCUT2D eigenvalue weighted by Gasteiger charge is 2.40. The second-order valence-electron chi connectivity index (χ2n) is 3.26. The Balaban J connectivity index is 2.55. The molecule has 9 heavy (non-hydrogen) atoms. The van der Waals surface area contributed by atoms with E-state index in [-0.39, 0.29) is 0 Å². The number of aliphatic imine (C=N–C) groups is 1. The average molecular weight is 141 g/mol. The molecule has 1 rings (SSSR count). The zero-order valence-electron chi connectivity index (χ0n) is 5.85. The van der Waals surface area contributed by atoms with Crippen LogP contribution in [0.15, 0.2) is 4.99 Å². The first-order chi connectivity index (χ1) is 4.17. The van der Waals surface area contributed by atoms with E-state index in [0.29, 0.717) is 5.67 Å². The van der Waals surface area contributed by atoms with E-state index in [1.54, 1.807) is 6.08 Å². The zero-order valence-corrected chi connectivity index (χ0v) is 6.85. The third-order valence-electron chi connectivity index (χ3n) is 2.17. The standard InChI is InChI=1S/C6H11NOSi/c1-9(2)4-3-6(9)7-5-8/h6H,3-4H2,1-2H3. The summed E-state index contributed by atoms with van der Waals surface area (Å²) in [4.78, 5) is 13.6. The van der Waals surface area contributed by atoms with Gasteiger partial charge in [0.1, 0.15) is 0 Å². The lowest BCUT2D eigenvalue weighted by molar-refractivity contribution is 0.558. The highest BCUT2D eigenvalue weighted by atomic mass is 28.3. The molecule has 0 N–H and O–H groups in total. The van der Waals surface area contributed by atoms with E-state index in [1.165, 1.54) is 6.04 Å². The van der Waals surface area contributed by atoms with Gasteiger partial charge in [0.15, 0.2) is 0 Å². The Bertz CT molecular complexity index is 160. The van der Waals surface area contributed by atoms with E-state index >= 15 is 0 Å². The molecule has 0 aliphatic carbocycles. The first-order valence-electron chi connectivity index (χ1n) is 3.24. The Hall–Kier alpha value is -0.403. The summed E-state index contributed by atoms with van der Waals surface area (Å²) in [6.45, 7) is 4.53. The van der Waals surface area contributed by atoms with Crippen LogP contribution in [0.4, 0.5) is 0 Å². The predicted octanol–water partition coefficient (Wildman–Crippen LogP) is 1.34. The van der Waals surface area contributed by atoms with Crippen LogP contribution in [-0.2, 0) is 4.79 Å². The van der Waals surface area contributed by atoms with Gasteiger partial charge in [0.25, 0.3) is 0 Å². The molecule has 1 aliphatic rings. The Labute approximate surface area is 56.0 Å². The Morgan fingerprint density at radius 3 is 2.44 bits per heavy atom. The minimum atomic E-state index is -1.03. The molecule has 1 fully saturated rings. The molecule has 1 unspecified atom stereocenters. The van der Waals surface area contributed by atoms with Crippen molar-refractivity contribution in [1.29, 1.82) is 0 Å². The number of carbonyl (C=O) groups excluding carboxylic acids is 1. The molecule has 0 aromatic heterocycles. The van der Waals surface area contributed by atoms with Crippen molar-refractivity contribution in [3.63, 3.8) is 0 Å². The Kier molecular flexibility index (Phi) is 1.55. The van der Waals surface area contributed by atoms with Gasteiger partial charge in [0.2, 0.25) is 6.08 Å². The average Bonchev–Trinajstić information content (AvgIpc) is 1.81. The number of hydrogen-bond acceptors (Lipinski definition) is 2. The van der Waals surface area contributed by atoms with Crippen molar-refractivity contribution in [3.05, 3.63) is 0 Å². The van der Waals surface area contributed by atoms with Crippen LogP contribution in [0, 0.1) is 0 Å². The maximum absolute atomic E-state index is 9.83. The third kappa shape index (κ3) is 1.12. The minimum absolute atomic E-state index is 0.384. The summed E-state index contributed by atoms with van der Waals surface area (Å²) in [6.07, 6.45) is 2.75. The number of hydrogen-bond donors (Lipinski definition) is 0. The molecular formula is C6H11NOSi. The first-order valence-corrected chi connectivity index (χ1v) is 6.52. The minimum Gasteiger partial charge on any atom is -0.211 e. The van der Waals surface area contributed by atoms with E-state index in [2.05, 4.69) is 18.1 Å². The largest absolute Gasteiger partial charge is 0.234 e. The number of rotatable bonds is 1. The highest BCUT2D eigenvalue weighted by molar-refractivity contribution is 6.81. The molecule has 0 aromatic carbocycles. The van der Waals surface area contributed by atoms with Crippen LogP contribution in [-0.4, -0.2) is 19.8 Å². The van der Waals surface area contributed by atoms with E-state index in [1.807, 2.05) is 0 Å². The SMILES string of the molecule is C[Si]1(C)CCC1N=C=O. The molecule has 1 saturated heterocycles. The summed E-state index contributed by atoms with van der Waals surface area (Å²) in [6, 6.07) is 1.32. The molecule has 0 radical (unpaired) electrons. The van der Waals surface area contributed by atoms with Gasteiger partial charge in [-0.2, -0.15) is 0 Å². The van der Waals surface area contributed by atoms with Crippen LogP contribution in [0.5, 0.6) is 0 Å². The van der Waals surface area contributed by atoms with Crippen molar-refractivity contribution in [1.82, 2.24) is 0 Å². The maximum Gasteiger partial charge on any atom is 0.234 e. The number of nitrogens with zero attached hydrogens (tertiary/aromatic N) is 1. The molecule has 0 bridgehead atoms. The summed E-state index contributed by atoms with van der Waals surface area (Å²) >= 11 is 0. The van der Waals surface area contributed by atoms with Crippen LogP contribution in [0.2, 0.25) is 19.1 Å². The van der Waals surface area contributed by atoms with Crippen LogP contribution < -0.4 is 0 Å². The molecule has 0 saturated carbocycles. The number of isocyanates is 1. The fraction of sp³-hybridized carbons (Fsp3) is 0.833. The predicted molar refractivity (Wildman–Crippen MR) is 38.8 cm³/mol. The molecular weight excluding hydrogens is 130 g/mol. The second kappa shape index (κ2) is 2.08. The highest BCUT2D eigenvalue weighted by Crippen LogP contribution is 2.33. The van der Waals surface area contributed by atoms with Gasteiger partial charge in [0.05, 0.1) is 13.7 Å². The fourth-order valence-electron chi connectivity index (χ4n) is 1.15. The quantitative estimate of drug-likeness (QED) is 0.308. The topological polar surface area (TPSA) is 29.4 Å². The molecule has 0 spiro atoms. The molecule has 1 aliphatic heterocycles. The zero-order chi connectivity index (χ0) is 6.91. The summed E-state index contributed by atoms with van der Waals surface area (Å²) in [5, 5.41) is 0. The van der Waals surface area contributed by atoms with Crippen molar-refractivity contribution < 1.29 is 4.79 Å². The lowest BCUT2D eigenvalue weighted by Crippen LogP contribution is -2.49. The second-order valence-corrected chi connectivity index (χ2v) is 8.41. The van der Waals surface area contributed by atoms with Crippen molar-refractivity contribution in [3.8, 4) is 0 Å². The first kappa shape index (κ1) is 6.71. The maximum atomic E-state index is 9.83. The summed E-state index contributed by atoms with van der Waals surface area (Å²) in [5.74, 6) is 0. The van der Waals surface area contributed by atoms with Gasteiger partial charge in [-0.3, -0.25) is 0 Å². The Morgan fingerprint density at radius 1 is 1.67 bits per heavy atom. The lowest BCUT2D eigenvalue weighted by atomic mass is 10.4. The van der Waals surface area contributed by atoms with Gasteiger partial charge in [-0.05, 0) is 6.42 Å². The van der Waals surface area contributed by atoms with E-state index in [9.17, 15) is 4.79 Å². The van der Waals surface area contributed by atoms with Gasteiger partial charge in [-0.1, -0.05) is 19.1 Å². The van der Waals surface area contributed by atoms with Gasteiger partial charge < -0.3 is 0 Å².